The van der Waals surface area contributed by atoms with Crippen molar-refractivity contribution in [3.63, 3.8) is 0 Å². The Kier molecular flexibility index (Phi) is 3.16. The fourth-order valence-electron chi connectivity index (χ4n) is 2.03. The van der Waals surface area contributed by atoms with Crippen LogP contribution in [0.2, 0.25) is 0 Å². The number of nitrogens with zero attached hydrogens (tertiary/aromatic N) is 3. The number of hydrogen-bond acceptors (Lipinski definition) is 4. The standard InChI is InChI=1S/C11H18N4/c1-9-11(13-6-5-12-9)14-8-10-4-3-7-15(10)2/h5-6,10H,3-4,7-8H2,1-2H3,(H,13,14). The lowest BCUT2D eigenvalue weighted by Gasteiger charge is -2.20. The van der Waals surface area contributed by atoms with Crippen molar-refractivity contribution >= 4 is 5.82 Å². The molecule has 2 heterocycles. The number of likely N-dealkylation sites (tertiary alicyclic amines) is 1. The third kappa shape index (κ3) is 2.45. The molecule has 0 saturated carbocycles. The Balaban J connectivity index is 1.90. The minimum Gasteiger partial charge on any atom is -0.367 e. The molecule has 1 aliphatic rings. The highest BCUT2D eigenvalue weighted by atomic mass is 15.2. The van der Waals surface area contributed by atoms with Crippen molar-refractivity contribution < 1.29 is 0 Å². The van der Waals surface area contributed by atoms with Crippen molar-refractivity contribution in [3.8, 4) is 0 Å². The first kappa shape index (κ1) is 10.4. The van der Waals surface area contributed by atoms with Gasteiger partial charge in [0.1, 0.15) is 5.82 Å². The van der Waals surface area contributed by atoms with Gasteiger partial charge in [0.05, 0.1) is 5.69 Å². The molecule has 1 aromatic rings. The van der Waals surface area contributed by atoms with Crippen LogP contribution >= 0.6 is 0 Å². The van der Waals surface area contributed by atoms with E-state index in [-0.39, 0.29) is 0 Å². The van der Waals surface area contributed by atoms with Gasteiger partial charge in [-0.25, -0.2) is 4.98 Å². The summed E-state index contributed by atoms with van der Waals surface area (Å²) in [7, 11) is 2.18. The molecule has 4 nitrogen and oxygen atoms in total. The first-order chi connectivity index (χ1) is 7.27. The van der Waals surface area contributed by atoms with Crippen LogP contribution in [0.5, 0.6) is 0 Å². The van der Waals surface area contributed by atoms with E-state index in [0.717, 1.165) is 18.1 Å². The van der Waals surface area contributed by atoms with Gasteiger partial charge in [0.2, 0.25) is 0 Å². The number of rotatable bonds is 3. The molecule has 0 aromatic carbocycles. The van der Waals surface area contributed by atoms with E-state index in [1.54, 1.807) is 12.4 Å². The van der Waals surface area contributed by atoms with Gasteiger partial charge < -0.3 is 10.2 Å². The van der Waals surface area contributed by atoms with Crippen LogP contribution in [0.25, 0.3) is 0 Å². The molecule has 0 bridgehead atoms. The minimum absolute atomic E-state index is 0.645. The van der Waals surface area contributed by atoms with Gasteiger partial charge in [-0.15, -0.1) is 0 Å². The Hall–Kier alpha value is -1.16. The molecule has 1 atom stereocenters. The second-order valence-corrected chi connectivity index (χ2v) is 4.15. The smallest absolute Gasteiger partial charge is 0.147 e. The van der Waals surface area contributed by atoms with Crippen LogP contribution in [0.4, 0.5) is 5.82 Å². The fraction of sp³-hybridized carbons (Fsp3) is 0.636. The van der Waals surface area contributed by atoms with E-state index in [4.69, 9.17) is 0 Å². The molecule has 1 aromatic heterocycles. The molecule has 2 rings (SSSR count). The van der Waals surface area contributed by atoms with E-state index in [0.29, 0.717) is 6.04 Å². The van der Waals surface area contributed by atoms with Gasteiger partial charge in [-0.1, -0.05) is 0 Å². The van der Waals surface area contributed by atoms with Crippen molar-refractivity contribution in [3.05, 3.63) is 18.1 Å². The van der Waals surface area contributed by atoms with E-state index in [1.807, 2.05) is 6.92 Å². The molecular formula is C11H18N4. The van der Waals surface area contributed by atoms with Gasteiger partial charge in [0, 0.05) is 25.0 Å². The van der Waals surface area contributed by atoms with Crippen LogP contribution < -0.4 is 5.32 Å². The average molecular weight is 206 g/mol. The van der Waals surface area contributed by atoms with Crippen LogP contribution in [0.3, 0.4) is 0 Å². The normalized spacial score (nSPS) is 21.9. The maximum absolute atomic E-state index is 4.27. The molecule has 0 radical (unpaired) electrons. The maximum Gasteiger partial charge on any atom is 0.147 e. The number of aromatic nitrogens is 2. The molecular weight excluding hydrogens is 188 g/mol. The van der Waals surface area contributed by atoms with Crippen LogP contribution in [0.1, 0.15) is 18.5 Å². The second kappa shape index (κ2) is 4.57. The summed E-state index contributed by atoms with van der Waals surface area (Å²) in [5, 5.41) is 3.37. The van der Waals surface area contributed by atoms with Crippen LogP contribution in [0, 0.1) is 6.92 Å². The summed E-state index contributed by atoms with van der Waals surface area (Å²) in [5.41, 5.74) is 0.971. The highest BCUT2D eigenvalue weighted by molar-refractivity contribution is 5.38. The third-order valence-corrected chi connectivity index (χ3v) is 3.06. The summed E-state index contributed by atoms with van der Waals surface area (Å²) in [6.07, 6.45) is 6.04. The van der Waals surface area contributed by atoms with Crippen LogP contribution in [-0.2, 0) is 0 Å². The highest BCUT2D eigenvalue weighted by Gasteiger charge is 2.20. The zero-order valence-electron chi connectivity index (χ0n) is 9.40. The molecule has 0 aliphatic carbocycles. The molecule has 0 amide bonds. The first-order valence-electron chi connectivity index (χ1n) is 5.49. The molecule has 1 aliphatic heterocycles. The van der Waals surface area contributed by atoms with Gasteiger partial charge >= 0.3 is 0 Å². The summed E-state index contributed by atoms with van der Waals surface area (Å²) in [6.45, 7) is 4.16. The van der Waals surface area contributed by atoms with Crippen LogP contribution in [-0.4, -0.2) is 41.0 Å². The lowest BCUT2D eigenvalue weighted by molar-refractivity contribution is 0.322. The zero-order valence-corrected chi connectivity index (χ0v) is 9.40. The Morgan fingerprint density at radius 2 is 2.27 bits per heavy atom. The molecule has 1 saturated heterocycles. The SMILES string of the molecule is Cc1nccnc1NCC1CCCN1C. The van der Waals surface area contributed by atoms with Crippen molar-refractivity contribution in [1.82, 2.24) is 14.9 Å². The van der Waals surface area contributed by atoms with Crippen LogP contribution in [0.15, 0.2) is 12.4 Å². The Morgan fingerprint density at radius 3 is 2.93 bits per heavy atom. The van der Waals surface area contributed by atoms with Gasteiger partial charge in [0.25, 0.3) is 0 Å². The lowest BCUT2D eigenvalue weighted by atomic mass is 10.2. The highest BCUT2D eigenvalue weighted by Crippen LogP contribution is 2.15. The number of hydrogen-bond donors (Lipinski definition) is 1. The van der Waals surface area contributed by atoms with Gasteiger partial charge in [-0.05, 0) is 33.4 Å². The molecule has 1 fully saturated rings. The largest absolute Gasteiger partial charge is 0.367 e. The second-order valence-electron chi connectivity index (χ2n) is 4.15. The van der Waals surface area contributed by atoms with Gasteiger partial charge in [-0.3, -0.25) is 4.98 Å². The summed E-state index contributed by atoms with van der Waals surface area (Å²) in [5.74, 6) is 0.915. The summed E-state index contributed by atoms with van der Waals surface area (Å²) in [6, 6.07) is 0.645. The van der Waals surface area contributed by atoms with E-state index in [9.17, 15) is 0 Å². The number of likely N-dealkylation sites (N-methyl/N-ethyl adjacent to an activating group) is 1. The van der Waals surface area contributed by atoms with E-state index < -0.39 is 0 Å². The monoisotopic (exact) mass is 206 g/mol. The van der Waals surface area contributed by atoms with Crippen molar-refractivity contribution in [1.29, 1.82) is 0 Å². The van der Waals surface area contributed by atoms with Crippen molar-refractivity contribution in [2.75, 3.05) is 25.5 Å². The van der Waals surface area contributed by atoms with Gasteiger partial charge in [-0.2, -0.15) is 0 Å². The lowest BCUT2D eigenvalue weighted by Crippen LogP contribution is -2.31. The number of anilines is 1. The quantitative estimate of drug-likeness (QED) is 0.809. The van der Waals surface area contributed by atoms with E-state index in [1.165, 1.54) is 19.4 Å². The molecule has 1 unspecified atom stereocenters. The van der Waals surface area contributed by atoms with E-state index in [2.05, 4.69) is 27.2 Å². The number of aryl methyl sites for hydroxylation is 1. The van der Waals surface area contributed by atoms with E-state index >= 15 is 0 Å². The Bertz CT molecular complexity index is 326. The third-order valence-electron chi connectivity index (χ3n) is 3.06. The molecule has 15 heavy (non-hydrogen) atoms. The molecule has 4 heteroatoms. The Morgan fingerprint density at radius 1 is 1.47 bits per heavy atom. The summed E-state index contributed by atoms with van der Waals surface area (Å²) < 4.78 is 0. The fourth-order valence-corrected chi connectivity index (χ4v) is 2.03. The zero-order chi connectivity index (χ0) is 10.7. The average Bonchev–Trinajstić information content (AvgIpc) is 2.63. The maximum atomic E-state index is 4.27. The molecule has 82 valence electrons. The predicted octanol–water partition coefficient (Wildman–Crippen LogP) is 1.29. The summed E-state index contributed by atoms with van der Waals surface area (Å²) >= 11 is 0. The first-order valence-corrected chi connectivity index (χ1v) is 5.49. The molecule has 0 spiro atoms. The summed E-state index contributed by atoms with van der Waals surface area (Å²) in [4.78, 5) is 10.9. The topological polar surface area (TPSA) is 41.1 Å². The van der Waals surface area contributed by atoms with Crippen molar-refractivity contribution in [2.45, 2.75) is 25.8 Å². The predicted molar refractivity (Wildman–Crippen MR) is 60.9 cm³/mol. The number of nitrogens with one attached hydrogen (secondary N) is 1. The van der Waals surface area contributed by atoms with Crippen molar-refractivity contribution in [2.24, 2.45) is 0 Å². The molecule has 1 N–H and O–H groups in total. The van der Waals surface area contributed by atoms with Gasteiger partial charge in [0.15, 0.2) is 0 Å². The minimum atomic E-state index is 0.645. The Labute approximate surface area is 90.7 Å².